The summed E-state index contributed by atoms with van der Waals surface area (Å²) in [6, 6.07) is 8.62. The van der Waals surface area contributed by atoms with E-state index in [9.17, 15) is 0 Å². The molecule has 1 N–H and O–H groups in total. The molecule has 0 bridgehead atoms. The van der Waals surface area contributed by atoms with Crippen molar-refractivity contribution < 1.29 is 4.74 Å². The number of hydrogen-bond acceptors (Lipinski definition) is 3. The highest BCUT2D eigenvalue weighted by molar-refractivity contribution is 14.0. The lowest BCUT2D eigenvalue weighted by Crippen LogP contribution is -2.45. The number of para-hydroxylation sites is 1. The maximum atomic E-state index is 5.41. The Labute approximate surface area is 162 Å². The molecule has 2 aliphatic heterocycles. The van der Waals surface area contributed by atoms with Gasteiger partial charge in [-0.1, -0.05) is 25.1 Å². The summed E-state index contributed by atoms with van der Waals surface area (Å²) >= 11 is 0. The van der Waals surface area contributed by atoms with Crippen molar-refractivity contribution in [2.24, 2.45) is 10.9 Å². The Kier molecular flexibility index (Phi) is 7.77. The number of nitrogens with one attached hydrogen (secondary N) is 1. The molecule has 1 aromatic rings. The summed E-state index contributed by atoms with van der Waals surface area (Å²) < 4.78 is 5.41. The van der Waals surface area contributed by atoms with Crippen LogP contribution < -0.4 is 10.2 Å². The molecule has 0 spiro atoms. The normalized spacial score (nSPS) is 19.6. The van der Waals surface area contributed by atoms with Crippen molar-refractivity contribution in [1.82, 2.24) is 10.2 Å². The van der Waals surface area contributed by atoms with Crippen molar-refractivity contribution in [2.75, 3.05) is 57.9 Å². The number of fused-ring (bicyclic) bond motifs is 1. The predicted molar refractivity (Wildman–Crippen MR) is 111 cm³/mol. The van der Waals surface area contributed by atoms with Crippen LogP contribution in [0.4, 0.5) is 5.69 Å². The lowest BCUT2D eigenvalue weighted by atomic mass is 10.1. The first kappa shape index (κ1) is 19.5. The molecular formula is C18H29IN4O. The molecule has 134 valence electrons. The van der Waals surface area contributed by atoms with Gasteiger partial charge in [-0.25, -0.2) is 0 Å². The van der Waals surface area contributed by atoms with Crippen molar-refractivity contribution >= 4 is 35.6 Å². The summed E-state index contributed by atoms with van der Waals surface area (Å²) in [6.07, 6.45) is 1.10. The van der Waals surface area contributed by atoms with Gasteiger partial charge in [0, 0.05) is 45.5 Å². The van der Waals surface area contributed by atoms with Crippen molar-refractivity contribution in [1.29, 1.82) is 0 Å². The van der Waals surface area contributed by atoms with Crippen LogP contribution in [-0.2, 0) is 11.2 Å². The third-order valence-corrected chi connectivity index (χ3v) is 4.64. The van der Waals surface area contributed by atoms with Crippen molar-refractivity contribution in [2.45, 2.75) is 13.3 Å². The van der Waals surface area contributed by atoms with Crippen molar-refractivity contribution in [3.8, 4) is 0 Å². The topological polar surface area (TPSA) is 40.1 Å². The zero-order valence-electron chi connectivity index (χ0n) is 14.7. The van der Waals surface area contributed by atoms with Crippen LogP contribution in [0.25, 0.3) is 0 Å². The Morgan fingerprint density at radius 3 is 2.75 bits per heavy atom. The highest BCUT2D eigenvalue weighted by atomic mass is 127. The minimum atomic E-state index is 0. The van der Waals surface area contributed by atoms with E-state index in [4.69, 9.17) is 4.74 Å². The number of anilines is 1. The molecule has 1 aromatic carbocycles. The van der Waals surface area contributed by atoms with Gasteiger partial charge in [-0.05, 0) is 24.0 Å². The fourth-order valence-corrected chi connectivity index (χ4v) is 3.41. The second-order valence-electron chi connectivity index (χ2n) is 6.48. The SMILES string of the molecule is CN=C(NCC(C)CN1CCOCC1)N1CCc2ccccc21.I. The van der Waals surface area contributed by atoms with E-state index in [2.05, 4.69) is 51.3 Å². The molecule has 1 saturated heterocycles. The van der Waals surface area contributed by atoms with Crippen LogP contribution in [0, 0.1) is 5.92 Å². The number of morpholine rings is 1. The van der Waals surface area contributed by atoms with Gasteiger partial charge in [0.1, 0.15) is 0 Å². The summed E-state index contributed by atoms with van der Waals surface area (Å²) in [7, 11) is 1.87. The van der Waals surface area contributed by atoms with Gasteiger partial charge in [0.05, 0.1) is 13.2 Å². The molecule has 1 unspecified atom stereocenters. The van der Waals surface area contributed by atoms with Gasteiger partial charge in [0.2, 0.25) is 0 Å². The number of aliphatic imine (C=N–C) groups is 1. The average Bonchev–Trinajstić information content (AvgIpc) is 3.01. The maximum absolute atomic E-state index is 5.41. The highest BCUT2D eigenvalue weighted by Crippen LogP contribution is 2.27. The van der Waals surface area contributed by atoms with Crippen LogP contribution in [0.2, 0.25) is 0 Å². The van der Waals surface area contributed by atoms with Crippen LogP contribution >= 0.6 is 24.0 Å². The maximum Gasteiger partial charge on any atom is 0.198 e. The lowest BCUT2D eigenvalue weighted by Gasteiger charge is -2.30. The number of hydrogen-bond donors (Lipinski definition) is 1. The predicted octanol–water partition coefficient (Wildman–Crippen LogP) is 2.21. The molecule has 2 heterocycles. The second kappa shape index (κ2) is 9.58. The third kappa shape index (κ3) is 4.83. The standard InChI is InChI=1S/C18H28N4O.HI/c1-15(14-21-9-11-23-12-10-21)13-20-18(19-2)22-8-7-16-5-3-4-6-17(16)22;/h3-6,15H,7-14H2,1-2H3,(H,19,20);1H. The molecule has 2 aliphatic rings. The molecule has 0 aromatic heterocycles. The van der Waals surface area contributed by atoms with E-state index < -0.39 is 0 Å². The Morgan fingerprint density at radius 2 is 2.00 bits per heavy atom. The molecule has 3 rings (SSSR count). The van der Waals surface area contributed by atoms with Crippen molar-refractivity contribution in [3.05, 3.63) is 29.8 Å². The summed E-state index contributed by atoms with van der Waals surface area (Å²) in [5, 5.41) is 3.56. The number of halogens is 1. The van der Waals surface area contributed by atoms with Gasteiger partial charge < -0.3 is 15.0 Å². The molecule has 0 aliphatic carbocycles. The number of ether oxygens (including phenoxy) is 1. The molecule has 24 heavy (non-hydrogen) atoms. The van der Waals surface area contributed by atoms with Crippen LogP contribution in [0.5, 0.6) is 0 Å². The molecule has 1 fully saturated rings. The summed E-state index contributed by atoms with van der Waals surface area (Å²) in [4.78, 5) is 9.28. The molecule has 0 radical (unpaired) electrons. The Bertz CT molecular complexity index is 546. The monoisotopic (exact) mass is 444 g/mol. The van der Waals surface area contributed by atoms with Gasteiger partial charge in [0.25, 0.3) is 0 Å². The number of nitrogens with zero attached hydrogens (tertiary/aromatic N) is 3. The van der Waals surface area contributed by atoms with E-state index in [0.717, 1.165) is 58.3 Å². The summed E-state index contributed by atoms with van der Waals surface area (Å²) in [6.45, 7) is 9.22. The highest BCUT2D eigenvalue weighted by Gasteiger charge is 2.22. The first-order chi connectivity index (χ1) is 11.3. The fourth-order valence-electron chi connectivity index (χ4n) is 3.41. The zero-order chi connectivity index (χ0) is 16.1. The van der Waals surface area contributed by atoms with E-state index in [1.807, 2.05) is 7.05 Å². The largest absolute Gasteiger partial charge is 0.379 e. The summed E-state index contributed by atoms with van der Waals surface area (Å²) in [5.41, 5.74) is 2.71. The molecule has 5 nitrogen and oxygen atoms in total. The van der Waals surface area contributed by atoms with E-state index in [0.29, 0.717) is 5.92 Å². The molecular weight excluding hydrogens is 415 g/mol. The van der Waals surface area contributed by atoms with Gasteiger partial charge in [0.15, 0.2) is 5.96 Å². The van der Waals surface area contributed by atoms with E-state index in [1.165, 1.54) is 11.3 Å². The molecule has 6 heteroatoms. The van der Waals surface area contributed by atoms with E-state index >= 15 is 0 Å². The minimum Gasteiger partial charge on any atom is -0.379 e. The number of guanidine groups is 1. The van der Waals surface area contributed by atoms with Gasteiger partial charge in [-0.2, -0.15) is 0 Å². The third-order valence-electron chi connectivity index (χ3n) is 4.64. The van der Waals surface area contributed by atoms with Crippen molar-refractivity contribution in [3.63, 3.8) is 0 Å². The van der Waals surface area contributed by atoms with E-state index in [-0.39, 0.29) is 24.0 Å². The molecule has 0 saturated carbocycles. The fraction of sp³-hybridized carbons (Fsp3) is 0.611. The smallest absolute Gasteiger partial charge is 0.198 e. The average molecular weight is 444 g/mol. The number of benzene rings is 1. The van der Waals surface area contributed by atoms with Crippen LogP contribution in [0.1, 0.15) is 12.5 Å². The summed E-state index contributed by atoms with van der Waals surface area (Å²) in [5.74, 6) is 1.58. The zero-order valence-corrected chi connectivity index (χ0v) is 17.0. The lowest BCUT2D eigenvalue weighted by molar-refractivity contribution is 0.0320. The minimum absolute atomic E-state index is 0. The Morgan fingerprint density at radius 1 is 1.25 bits per heavy atom. The number of rotatable bonds is 4. The van der Waals surface area contributed by atoms with Crippen LogP contribution in [0.15, 0.2) is 29.3 Å². The van der Waals surface area contributed by atoms with Gasteiger partial charge in [-0.15, -0.1) is 24.0 Å². The first-order valence-corrected chi connectivity index (χ1v) is 8.64. The van der Waals surface area contributed by atoms with Crippen LogP contribution in [0.3, 0.4) is 0 Å². The Hall–Kier alpha value is -0.860. The van der Waals surface area contributed by atoms with Gasteiger partial charge >= 0.3 is 0 Å². The molecule has 0 amide bonds. The quantitative estimate of drug-likeness (QED) is 0.439. The van der Waals surface area contributed by atoms with Crippen LogP contribution in [-0.4, -0.2) is 63.8 Å². The van der Waals surface area contributed by atoms with Gasteiger partial charge in [-0.3, -0.25) is 9.89 Å². The first-order valence-electron chi connectivity index (χ1n) is 8.64. The second-order valence-corrected chi connectivity index (χ2v) is 6.48. The Balaban J connectivity index is 0.00000208. The molecule has 1 atom stereocenters. The van der Waals surface area contributed by atoms with E-state index in [1.54, 1.807) is 0 Å².